The van der Waals surface area contributed by atoms with Crippen molar-refractivity contribution in [3.05, 3.63) is 15.9 Å². The zero-order valence-electron chi connectivity index (χ0n) is 8.73. The van der Waals surface area contributed by atoms with Gasteiger partial charge in [-0.3, -0.25) is 9.52 Å². The van der Waals surface area contributed by atoms with Crippen LogP contribution in [-0.4, -0.2) is 22.6 Å². The smallest absolute Gasteiger partial charge is 0.292 e. The molecule has 16 heavy (non-hydrogen) atoms. The monoisotopic (exact) mass is 301 g/mol. The summed E-state index contributed by atoms with van der Waals surface area (Å²) in [6.07, 6.45) is -4.33. The van der Waals surface area contributed by atoms with Gasteiger partial charge < -0.3 is 0 Å². The molecule has 0 spiro atoms. The van der Waals surface area contributed by atoms with E-state index in [-0.39, 0.29) is 6.54 Å². The summed E-state index contributed by atoms with van der Waals surface area (Å²) in [7, 11) is 1.71. The molecular weight excluding hydrogens is 291 g/mol. The van der Waals surface area contributed by atoms with Gasteiger partial charge in [0.15, 0.2) is 6.61 Å². The van der Waals surface area contributed by atoms with Gasteiger partial charge in [-0.25, -0.2) is 0 Å². The lowest BCUT2D eigenvalue weighted by Crippen LogP contribution is -2.25. The van der Waals surface area contributed by atoms with Crippen molar-refractivity contribution in [2.24, 2.45) is 7.05 Å². The van der Waals surface area contributed by atoms with Crippen molar-refractivity contribution in [1.82, 2.24) is 15.3 Å². The van der Waals surface area contributed by atoms with Crippen LogP contribution in [-0.2, 0) is 18.4 Å². The Morgan fingerprint density at radius 2 is 2.12 bits per heavy atom. The van der Waals surface area contributed by atoms with Gasteiger partial charge in [0.1, 0.15) is 0 Å². The predicted molar refractivity (Wildman–Crippen MR) is 54.5 cm³/mol. The van der Waals surface area contributed by atoms with Crippen molar-refractivity contribution >= 4 is 15.9 Å². The largest absolute Gasteiger partial charge is 0.413 e. The number of aromatic nitrogens is 2. The van der Waals surface area contributed by atoms with Gasteiger partial charge in [0, 0.05) is 7.05 Å². The van der Waals surface area contributed by atoms with E-state index in [0.29, 0.717) is 0 Å². The molecule has 0 saturated heterocycles. The second kappa shape index (κ2) is 5.15. The summed E-state index contributed by atoms with van der Waals surface area (Å²) in [4.78, 5) is 4.28. The second-order valence-electron chi connectivity index (χ2n) is 3.19. The average molecular weight is 302 g/mol. The first-order valence-corrected chi connectivity index (χ1v) is 5.20. The number of hydrogen-bond donors (Lipinski definition) is 1. The molecule has 0 unspecified atom stereocenters. The zero-order chi connectivity index (χ0) is 12.3. The SMILES string of the molecule is Cc1nn(C)c(CNOCC(F)(F)F)c1Br. The molecule has 8 heteroatoms. The lowest BCUT2D eigenvalue weighted by atomic mass is 10.4. The first-order chi connectivity index (χ1) is 7.31. The van der Waals surface area contributed by atoms with Crippen molar-refractivity contribution < 1.29 is 18.0 Å². The molecular formula is C8H11BrF3N3O. The van der Waals surface area contributed by atoms with Gasteiger partial charge in [-0.2, -0.15) is 23.8 Å². The molecule has 0 aliphatic heterocycles. The average Bonchev–Trinajstić information content (AvgIpc) is 2.36. The third-order valence-electron chi connectivity index (χ3n) is 1.84. The van der Waals surface area contributed by atoms with Crippen molar-refractivity contribution in [2.75, 3.05) is 6.61 Å². The summed E-state index contributed by atoms with van der Waals surface area (Å²) in [5, 5.41) is 4.09. The van der Waals surface area contributed by atoms with Crippen LogP contribution in [0.3, 0.4) is 0 Å². The highest BCUT2D eigenvalue weighted by Crippen LogP contribution is 2.20. The molecule has 4 nitrogen and oxygen atoms in total. The maximum absolute atomic E-state index is 11.8. The highest BCUT2D eigenvalue weighted by atomic mass is 79.9. The van der Waals surface area contributed by atoms with E-state index in [9.17, 15) is 13.2 Å². The number of halogens is 4. The van der Waals surface area contributed by atoms with Gasteiger partial charge in [0.2, 0.25) is 0 Å². The number of nitrogens with one attached hydrogen (secondary N) is 1. The van der Waals surface area contributed by atoms with Gasteiger partial charge in [-0.15, -0.1) is 0 Å². The van der Waals surface area contributed by atoms with Gasteiger partial charge in [-0.05, 0) is 22.9 Å². The molecule has 0 amide bonds. The summed E-state index contributed by atoms with van der Waals surface area (Å²) < 4.78 is 37.6. The highest BCUT2D eigenvalue weighted by molar-refractivity contribution is 9.10. The molecule has 0 saturated carbocycles. The molecule has 1 N–H and O–H groups in total. The minimum Gasteiger partial charge on any atom is -0.292 e. The Kier molecular flexibility index (Phi) is 4.34. The zero-order valence-corrected chi connectivity index (χ0v) is 10.3. The Balaban J connectivity index is 2.43. The third kappa shape index (κ3) is 3.76. The number of hydrogen-bond acceptors (Lipinski definition) is 3. The molecule has 0 aromatic carbocycles. The fourth-order valence-corrected chi connectivity index (χ4v) is 1.60. The van der Waals surface area contributed by atoms with Crippen LogP contribution in [0.2, 0.25) is 0 Å². The van der Waals surface area contributed by atoms with E-state index < -0.39 is 12.8 Å². The summed E-state index contributed by atoms with van der Waals surface area (Å²) in [6.45, 7) is 0.625. The first-order valence-electron chi connectivity index (χ1n) is 4.40. The summed E-state index contributed by atoms with van der Waals surface area (Å²) in [5.74, 6) is 0. The van der Waals surface area contributed by atoms with Crippen molar-refractivity contribution in [3.63, 3.8) is 0 Å². The van der Waals surface area contributed by atoms with Crippen LogP contribution in [0.15, 0.2) is 4.47 Å². The summed E-state index contributed by atoms with van der Waals surface area (Å²) in [5.41, 5.74) is 3.74. The summed E-state index contributed by atoms with van der Waals surface area (Å²) >= 11 is 3.29. The minimum atomic E-state index is -4.33. The maximum Gasteiger partial charge on any atom is 0.413 e. The normalized spacial score (nSPS) is 12.1. The lowest BCUT2D eigenvalue weighted by Gasteiger charge is -2.08. The van der Waals surface area contributed by atoms with Crippen molar-refractivity contribution in [3.8, 4) is 0 Å². The number of alkyl halides is 3. The molecule has 0 radical (unpaired) electrons. The fourth-order valence-electron chi connectivity index (χ4n) is 1.12. The van der Waals surface area contributed by atoms with Crippen LogP contribution in [0.1, 0.15) is 11.4 Å². The highest BCUT2D eigenvalue weighted by Gasteiger charge is 2.27. The summed E-state index contributed by atoms with van der Waals surface area (Å²) in [6, 6.07) is 0. The molecule has 92 valence electrons. The van der Waals surface area contributed by atoms with Gasteiger partial charge in [-0.1, -0.05) is 0 Å². The quantitative estimate of drug-likeness (QED) is 0.683. The predicted octanol–water partition coefficient (Wildman–Crippen LogP) is 2.07. The van der Waals surface area contributed by atoms with Crippen LogP contribution in [0.4, 0.5) is 13.2 Å². The molecule has 0 aliphatic rings. The van der Waals surface area contributed by atoms with Crippen LogP contribution < -0.4 is 5.48 Å². The van der Waals surface area contributed by atoms with Crippen LogP contribution in [0, 0.1) is 6.92 Å². The first kappa shape index (κ1) is 13.5. The van der Waals surface area contributed by atoms with Gasteiger partial charge >= 0.3 is 6.18 Å². The molecule has 1 heterocycles. The van der Waals surface area contributed by atoms with Crippen LogP contribution >= 0.6 is 15.9 Å². The van der Waals surface area contributed by atoms with E-state index in [0.717, 1.165) is 15.9 Å². The minimum absolute atomic E-state index is 0.147. The van der Waals surface area contributed by atoms with Gasteiger partial charge in [0.25, 0.3) is 0 Å². The van der Waals surface area contributed by atoms with E-state index in [2.05, 4.69) is 31.3 Å². The molecule has 0 atom stereocenters. The number of rotatable bonds is 4. The maximum atomic E-state index is 11.8. The Morgan fingerprint density at radius 3 is 2.56 bits per heavy atom. The Bertz CT molecular complexity index is 364. The molecule has 0 fully saturated rings. The van der Waals surface area contributed by atoms with Crippen LogP contribution in [0.25, 0.3) is 0 Å². The molecule has 1 rings (SSSR count). The van der Waals surface area contributed by atoms with Crippen molar-refractivity contribution in [2.45, 2.75) is 19.6 Å². The lowest BCUT2D eigenvalue weighted by molar-refractivity contribution is -0.190. The van der Waals surface area contributed by atoms with Crippen LogP contribution in [0.5, 0.6) is 0 Å². The number of aryl methyl sites for hydroxylation is 2. The van der Waals surface area contributed by atoms with E-state index >= 15 is 0 Å². The fraction of sp³-hybridized carbons (Fsp3) is 0.625. The van der Waals surface area contributed by atoms with Crippen molar-refractivity contribution in [1.29, 1.82) is 0 Å². The molecule has 0 aliphatic carbocycles. The van der Waals surface area contributed by atoms with Gasteiger partial charge in [0.05, 0.1) is 22.4 Å². The topological polar surface area (TPSA) is 39.1 Å². The molecule has 1 aromatic heterocycles. The van der Waals surface area contributed by atoms with E-state index in [1.165, 1.54) is 0 Å². The third-order valence-corrected chi connectivity index (χ3v) is 2.87. The van der Waals surface area contributed by atoms with E-state index in [4.69, 9.17) is 0 Å². The standard InChI is InChI=1S/C8H11BrF3N3O/c1-5-7(9)6(15(2)14-5)3-13-16-4-8(10,11)12/h13H,3-4H2,1-2H3. The van der Waals surface area contributed by atoms with E-state index in [1.54, 1.807) is 18.7 Å². The Labute approximate surface area is 98.8 Å². The number of nitrogens with zero attached hydrogens (tertiary/aromatic N) is 2. The Morgan fingerprint density at radius 1 is 1.50 bits per heavy atom. The molecule has 0 bridgehead atoms. The molecule has 1 aromatic rings. The second-order valence-corrected chi connectivity index (χ2v) is 3.99. The number of hydroxylamine groups is 1. The Hall–Kier alpha value is -0.600. The van der Waals surface area contributed by atoms with E-state index in [1.807, 2.05) is 0 Å².